The molecule has 116 valence electrons. The predicted octanol–water partition coefficient (Wildman–Crippen LogP) is 2.00. The van der Waals surface area contributed by atoms with Crippen LogP contribution in [0.3, 0.4) is 0 Å². The molecule has 0 fully saturated rings. The van der Waals surface area contributed by atoms with E-state index in [0.29, 0.717) is 12.2 Å². The smallest absolute Gasteiger partial charge is 0.338 e. The number of nitro benzene ring substituents is 1. The SMILES string of the molecule is O=C(OCCCCCCCO[SiH3])c1ccc([N+](=O)[O-])cc1. The van der Waals surface area contributed by atoms with Gasteiger partial charge in [0, 0.05) is 18.7 Å². The van der Waals surface area contributed by atoms with Gasteiger partial charge in [0.25, 0.3) is 5.69 Å². The summed E-state index contributed by atoms with van der Waals surface area (Å²) >= 11 is 0. The first-order valence-corrected chi connectivity index (χ1v) is 7.87. The number of nitro groups is 1. The molecule has 7 heteroatoms. The lowest BCUT2D eigenvalue weighted by Gasteiger charge is -2.05. The number of benzene rings is 1. The van der Waals surface area contributed by atoms with Gasteiger partial charge in [0.15, 0.2) is 0 Å². The van der Waals surface area contributed by atoms with Crippen molar-refractivity contribution in [2.24, 2.45) is 0 Å². The van der Waals surface area contributed by atoms with Crippen LogP contribution < -0.4 is 0 Å². The first-order valence-electron chi connectivity index (χ1n) is 7.05. The van der Waals surface area contributed by atoms with E-state index in [0.717, 1.165) is 49.2 Å². The zero-order chi connectivity index (χ0) is 15.5. The van der Waals surface area contributed by atoms with E-state index in [2.05, 4.69) is 0 Å². The topological polar surface area (TPSA) is 78.7 Å². The van der Waals surface area contributed by atoms with Crippen molar-refractivity contribution in [1.82, 2.24) is 0 Å². The van der Waals surface area contributed by atoms with E-state index in [1.54, 1.807) is 0 Å². The van der Waals surface area contributed by atoms with E-state index < -0.39 is 10.9 Å². The van der Waals surface area contributed by atoms with Crippen LogP contribution in [0.25, 0.3) is 0 Å². The number of carbonyl (C=O) groups excluding carboxylic acids is 1. The molecule has 0 N–H and O–H groups in total. The molecule has 0 radical (unpaired) electrons. The van der Waals surface area contributed by atoms with Gasteiger partial charge in [-0.05, 0) is 25.0 Å². The first kappa shape index (κ1) is 17.3. The number of rotatable bonds is 10. The van der Waals surface area contributed by atoms with Crippen molar-refractivity contribution in [3.8, 4) is 0 Å². The van der Waals surface area contributed by atoms with Crippen molar-refractivity contribution in [2.75, 3.05) is 13.2 Å². The highest BCUT2D eigenvalue weighted by atomic mass is 28.2. The number of hydrogen-bond acceptors (Lipinski definition) is 5. The van der Waals surface area contributed by atoms with Gasteiger partial charge in [-0.3, -0.25) is 10.1 Å². The van der Waals surface area contributed by atoms with Crippen LogP contribution in [0.5, 0.6) is 0 Å². The monoisotopic (exact) mass is 311 g/mol. The molecule has 0 saturated carbocycles. The van der Waals surface area contributed by atoms with Gasteiger partial charge in [0.1, 0.15) is 10.5 Å². The standard InChI is InChI=1S/C14H21NO5Si/c16-14(12-6-8-13(9-7-12)15(17)18)19-10-4-2-1-3-5-11-20-21/h6-9H,1-5,10-11H2,21H3. The maximum atomic E-state index is 11.7. The Morgan fingerprint density at radius 1 is 1.05 bits per heavy atom. The van der Waals surface area contributed by atoms with Gasteiger partial charge < -0.3 is 9.16 Å². The van der Waals surface area contributed by atoms with E-state index in [4.69, 9.17) is 9.16 Å². The Hall–Kier alpha value is -1.73. The van der Waals surface area contributed by atoms with E-state index in [1.165, 1.54) is 24.3 Å². The minimum atomic E-state index is -0.499. The number of unbranched alkanes of at least 4 members (excludes halogenated alkanes) is 4. The van der Waals surface area contributed by atoms with Crippen molar-refractivity contribution >= 4 is 22.1 Å². The first-order chi connectivity index (χ1) is 10.1. The largest absolute Gasteiger partial charge is 0.462 e. The molecule has 1 aromatic rings. The third kappa shape index (κ3) is 7.01. The quantitative estimate of drug-likeness (QED) is 0.217. The summed E-state index contributed by atoms with van der Waals surface area (Å²) in [5.41, 5.74) is 0.301. The molecular weight excluding hydrogens is 290 g/mol. The van der Waals surface area contributed by atoms with Crippen LogP contribution in [0.4, 0.5) is 5.69 Å². The molecule has 0 aromatic heterocycles. The Balaban J connectivity index is 2.17. The van der Waals surface area contributed by atoms with Gasteiger partial charge in [-0.1, -0.05) is 19.3 Å². The summed E-state index contributed by atoms with van der Waals surface area (Å²) in [5, 5.41) is 10.5. The molecule has 0 aliphatic heterocycles. The molecule has 1 rings (SSSR count). The third-order valence-corrected chi connectivity index (χ3v) is 3.45. The van der Waals surface area contributed by atoms with E-state index >= 15 is 0 Å². The molecule has 0 heterocycles. The van der Waals surface area contributed by atoms with Crippen LogP contribution in [-0.2, 0) is 9.16 Å². The normalized spacial score (nSPS) is 10.5. The molecule has 1 aromatic carbocycles. The molecule has 0 saturated heterocycles. The van der Waals surface area contributed by atoms with Crippen LogP contribution in [0, 0.1) is 10.1 Å². The second-order valence-electron chi connectivity index (χ2n) is 4.70. The maximum absolute atomic E-state index is 11.7. The Bertz CT molecular complexity index is 449. The molecule has 0 aliphatic carbocycles. The average molecular weight is 311 g/mol. The second-order valence-corrected chi connectivity index (χ2v) is 5.28. The molecule has 21 heavy (non-hydrogen) atoms. The average Bonchev–Trinajstić information content (AvgIpc) is 2.49. The van der Waals surface area contributed by atoms with Crippen molar-refractivity contribution in [3.05, 3.63) is 39.9 Å². The lowest BCUT2D eigenvalue weighted by atomic mass is 10.1. The van der Waals surface area contributed by atoms with Crippen LogP contribution >= 0.6 is 0 Å². The van der Waals surface area contributed by atoms with E-state index in [-0.39, 0.29) is 5.69 Å². The lowest BCUT2D eigenvalue weighted by molar-refractivity contribution is -0.384. The number of nitrogens with zero attached hydrogens (tertiary/aromatic N) is 1. The molecule has 0 aliphatic rings. The van der Waals surface area contributed by atoms with E-state index in [9.17, 15) is 14.9 Å². The fourth-order valence-corrected chi connectivity index (χ4v) is 2.13. The maximum Gasteiger partial charge on any atom is 0.338 e. The minimum absolute atomic E-state index is 0.0368. The number of hydrogen-bond donors (Lipinski definition) is 0. The Morgan fingerprint density at radius 3 is 2.19 bits per heavy atom. The fourth-order valence-electron chi connectivity index (χ4n) is 1.85. The van der Waals surface area contributed by atoms with Gasteiger partial charge >= 0.3 is 5.97 Å². The zero-order valence-corrected chi connectivity index (χ0v) is 14.2. The highest BCUT2D eigenvalue weighted by Crippen LogP contribution is 2.13. The van der Waals surface area contributed by atoms with Crippen LogP contribution in [0.2, 0.25) is 0 Å². The van der Waals surface area contributed by atoms with Gasteiger partial charge in [0.05, 0.1) is 17.1 Å². The zero-order valence-electron chi connectivity index (χ0n) is 12.2. The second kappa shape index (κ2) is 10.1. The predicted molar refractivity (Wildman–Crippen MR) is 82.4 cm³/mol. The Labute approximate surface area is 127 Å². The van der Waals surface area contributed by atoms with Crippen LogP contribution in [-0.4, -0.2) is 34.6 Å². The number of ether oxygens (including phenoxy) is 1. The van der Waals surface area contributed by atoms with Crippen molar-refractivity contribution < 1.29 is 18.9 Å². The molecule has 6 nitrogen and oxygen atoms in total. The van der Waals surface area contributed by atoms with Gasteiger partial charge in [-0.15, -0.1) is 0 Å². The highest BCUT2D eigenvalue weighted by Gasteiger charge is 2.10. The summed E-state index contributed by atoms with van der Waals surface area (Å²) in [6.07, 6.45) is 5.19. The van der Waals surface area contributed by atoms with Gasteiger partial charge in [-0.25, -0.2) is 4.79 Å². The molecule has 0 atom stereocenters. The van der Waals surface area contributed by atoms with Crippen LogP contribution in [0.1, 0.15) is 42.5 Å². The third-order valence-electron chi connectivity index (χ3n) is 3.04. The molecule has 0 amide bonds. The summed E-state index contributed by atoms with van der Waals surface area (Å²) in [6, 6.07) is 5.42. The highest BCUT2D eigenvalue weighted by molar-refractivity contribution is 5.97. The van der Waals surface area contributed by atoms with Crippen molar-refractivity contribution in [2.45, 2.75) is 32.1 Å². The van der Waals surface area contributed by atoms with Gasteiger partial charge in [0.2, 0.25) is 0 Å². The lowest BCUT2D eigenvalue weighted by Crippen LogP contribution is -2.06. The summed E-state index contributed by atoms with van der Waals surface area (Å²) < 4.78 is 10.2. The van der Waals surface area contributed by atoms with Crippen molar-refractivity contribution in [3.63, 3.8) is 0 Å². The minimum Gasteiger partial charge on any atom is -0.462 e. The number of non-ortho nitro benzene ring substituents is 1. The molecule has 0 unspecified atom stereocenters. The molecule has 0 spiro atoms. The molecular formula is C14H21NO5Si. The van der Waals surface area contributed by atoms with Crippen molar-refractivity contribution in [1.29, 1.82) is 0 Å². The number of carbonyl (C=O) groups is 1. The molecule has 0 bridgehead atoms. The number of esters is 1. The van der Waals surface area contributed by atoms with Gasteiger partial charge in [-0.2, -0.15) is 0 Å². The summed E-state index contributed by atoms with van der Waals surface area (Å²) in [4.78, 5) is 21.7. The van der Waals surface area contributed by atoms with E-state index in [1.807, 2.05) is 0 Å². The van der Waals surface area contributed by atoms with Crippen LogP contribution in [0.15, 0.2) is 24.3 Å². The fraction of sp³-hybridized carbons (Fsp3) is 0.500. The summed E-state index contributed by atoms with van der Waals surface area (Å²) in [7, 11) is 0.798. The summed E-state index contributed by atoms with van der Waals surface area (Å²) in [6.45, 7) is 1.23. The summed E-state index contributed by atoms with van der Waals surface area (Å²) in [5.74, 6) is -0.436. The Morgan fingerprint density at radius 2 is 1.62 bits per heavy atom. The Kier molecular flexibility index (Phi) is 8.30.